The van der Waals surface area contributed by atoms with Crippen LogP contribution in [0.2, 0.25) is 0 Å². The van der Waals surface area contributed by atoms with Crippen molar-refractivity contribution in [2.45, 2.75) is 49.4 Å². The van der Waals surface area contributed by atoms with E-state index in [1.807, 2.05) is 0 Å². The number of aromatic nitrogens is 1. The maximum absolute atomic E-state index is 2.67. The molecule has 12 aromatic rings. The van der Waals surface area contributed by atoms with Gasteiger partial charge < -0.3 is 9.47 Å². The molecule has 5 aliphatic carbocycles. The van der Waals surface area contributed by atoms with Gasteiger partial charge in [0.25, 0.3) is 0 Å². The summed E-state index contributed by atoms with van der Waals surface area (Å²) < 4.78 is 2.41. The zero-order valence-electron chi connectivity index (χ0n) is 43.2. The van der Waals surface area contributed by atoms with Gasteiger partial charge in [-0.3, -0.25) is 0 Å². The van der Waals surface area contributed by atoms with Crippen molar-refractivity contribution < 1.29 is 0 Å². The molecule has 77 heavy (non-hydrogen) atoms. The average molecular weight is 987 g/mol. The lowest BCUT2D eigenvalue weighted by Crippen LogP contribution is -2.48. The Morgan fingerprint density at radius 1 is 0.364 bits per heavy atom. The van der Waals surface area contributed by atoms with Crippen LogP contribution >= 0.6 is 0 Å². The van der Waals surface area contributed by atoms with E-state index in [2.05, 4.69) is 270 Å². The first-order chi connectivity index (χ1) is 38.1. The minimum atomic E-state index is -0.505. The summed E-state index contributed by atoms with van der Waals surface area (Å²) in [6.45, 7) is 0. The third kappa shape index (κ3) is 6.80. The fourth-order valence-corrected chi connectivity index (χ4v) is 16.1. The predicted molar refractivity (Wildman–Crippen MR) is 321 cm³/mol. The van der Waals surface area contributed by atoms with Crippen LogP contribution in [-0.2, 0) is 10.8 Å². The smallest absolute Gasteiger partial charge is 0.0713 e. The average Bonchev–Trinajstić information content (AvgIpc) is 4.21. The molecule has 4 saturated carbocycles. The van der Waals surface area contributed by atoms with Crippen molar-refractivity contribution in [3.63, 3.8) is 0 Å². The summed E-state index contributed by atoms with van der Waals surface area (Å²) in [5, 5.41) is 4.99. The number of hydrogen-bond acceptors (Lipinski definition) is 1. The van der Waals surface area contributed by atoms with Crippen molar-refractivity contribution in [1.29, 1.82) is 0 Å². The van der Waals surface area contributed by atoms with Crippen LogP contribution in [0.5, 0.6) is 0 Å². The van der Waals surface area contributed by atoms with Gasteiger partial charge in [0.05, 0.1) is 22.1 Å². The van der Waals surface area contributed by atoms with Gasteiger partial charge >= 0.3 is 0 Å². The molecule has 0 saturated heterocycles. The molecular formula is C75H58N2. The molecule has 0 N–H and O–H groups in total. The molecule has 0 spiro atoms. The topological polar surface area (TPSA) is 8.17 Å². The first kappa shape index (κ1) is 44.6. The van der Waals surface area contributed by atoms with E-state index in [0.29, 0.717) is 5.41 Å². The molecule has 4 fully saturated rings. The van der Waals surface area contributed by atoms with Crippen molar-refractivity contribution in [2.75, 3.05) is 4.90 Å². The lowest BCUT2D eigenvalue weighted by Gasteiger charge is -2.57. The lowest BCUT2D eigenvalue weighted by molar-refractivity contribution is -0.00517. The Morgan fingerprint density at radius 2 is 0.870 bits per heavy atom. The molecule has 2 nitrogen and oxygen atoms in total. The van der Waals surface area contributed by atoms with Gasteiger partial charge in [-0.15, -0.1) is 0 Å². The number of para-hydroxylation sites is 3. The SMILES string of the molecule is c1ccc(-c2cccc3cccc(-c4ccccc4N(c4ccc(-n5c6ccccc6c6ccccc65)cc4)c4ccc(C5(c6ccccc6)c6ccccc6-c6cc(C78CC9CC(CC(C9)C7)C8)ccc65)cc4)c23)cc1. The zero-order valence-corrected chi connectivity index (χ0v) is 43.2. The van der Waals surface area contributed by atoms with Crippen LogP contribution in [0, 0.1) is 17.8 Å². The summed E-state index contributed by atoms with van der Waals surface area (Å²) in [6, 6.07) is 98.3. The number of fused-ring (bicyclic) bond motifs is 7. The molecule has 368 valence electrons. The van der Waals surface area contributed by atoms with Crippen LogP contribution in [0.4, 0.5) is 17.1 Å². The Morgan fingerprint density at radius 3 is 1.55 bits per heavy atom. The molecule has 4 bridgehead atoms. The first-order valence-corrected chi connectivity index (χ1v) is 28.1. The number of benzene rings is 11. The predicted octanol–water partition coefficient (Wildman–Crippen LogP) is 19.6. The van der Waals surface area contributed by atoms with Crippen LogP contribution in [-0.4, -0.2) is 4.57 Å². The van der Waals surface area contributed by atoms with E-state index in [4.69, 9.17) is 0 Å². The summed E-state index contributed by atoms with van der Waals surface area (Å²) in [7, 11) is 0. The lowest BCUT2D eigenvalue weighted by atomic mass is 9.48. The Labute approximate surface area is 451 Å². The third-order valence-electron chi connectivity index (χ3n) is 18.8. The standard InChI is InChI=1S/C75H58N2/c1-3-17-53(18-4-1)61-27-15-19-54-20-16-28-66(73(54)61)65-26-10-12-30-70(65)76(59-38-40-60(41-39-59)77-71-31-13-8-24-63(71)64-25-9-14-32-72(64)77)58-36-33-56(34-37-58)75(55-21-5-2-6-22-55)68-29-11-7-23-62(68)67-46-57(35-42-69(67)75)74-47-50-43-51(48-74)45-52(44-50)49-74/h1-42,46,50-52H,43-45,47-49H2. The Kier molecular flexibility index (Phi) is 10.1. The van der Waals surface area contributed by atoms with Crippen LogP contribution in [0.1, 0.15) is 66.3 Å². The zero-order chi connectivity index (χ0) is 50.7. The summed E-state index contributed by atoms with van der Waals surface area (Å²) in [6.07, 6.45) is 8.45. The highest BCUT2D eigenvalue weighted by Crippen LogP contribution is 2.63. The highest BCUT2D eigenvalue weighted by Gasteiger charge is 2.53. The fraction of sp³-hybridized carbons (Fsp3) is 0.147. The second-order valence-corrected chi connectivity index (χ2v) is 23.0. The molecule has 1 aromatic heterocycles. The molecule has 2 heteroatoms. The highest BCUT2D eigenvalue weighted by molar-refractivity contribution is 6.10. The monoisotopic (exact) mass is 986 g/mol. The molecule has 17 rings (SSSR count). The van der Waals surface area contributed by atoms with E-state index in [9.17, 15) is 0 Å². The van der Waals surface area contributed by atoms with Crippen LogP contribution in [0.15, 0.2) is 261 Å². The van der Waals surface area contributed by atoms with Crippen LogP contribution in [0.3, 0.4) is 0 Å². The van der Waals surface area contributed by atoms with Crippen molar-refractivity contribution in [3.05, 3.63) is 289 Å². The molecule has 5 aliphatic rings. The van der Waals surface area contributed by atoms with E-state index >= 15 is 0 Å². The Balaban J connectivity index is 0.881. The van der Waals surface area contributed by atoms with E-state index in [1.54, 1.807) is 5.56 Å². The number of nitrogens with zero attached hydrogens (tertiary/aromatic N) is 2. The van der Waals surface area contributed by atoms with Gasteiger partial charge in [-0.1, -0.05) is 206 Å². The minimum Gasteiger partial charge on any atom is -0.310 e. The summed E-state index contributed by atoms with van der Waals surface area (Å²) >= 11 is 0. The van der Waals surface area contributed by atoms with Gasteiger partial charge in [0.1, 0.15) is 0 Å². The number of anilines is 3. The normalized spacial score (nSPS) is 20.9. The quantitative estimate of drug-likeness (QED) is 0.140. The van der Waals surface area contributed by atoms with Crippen molar-refractivity contribution in [2.24, 2.45) is 17.8 Å². The minimum absolute atomic E-state index is 0.314. The van der Waals surface area contributed by atoms with Gasteiger partial charge in [-0.2, -0.15) is 0 Å². The molecule has 11 aromatic carbocycles. The van der Waals surface area contributed by atoms with Crippen molar-refractivity contribution in [3.8, 4) is 39.1 Å². The number of rotatable bonds is 9. The first-order valence-electron chi connectivity index (χ1n) is 28.1. The molecule has 1 unspecified atom stereocenters. The van der Waals surface area contributed by atoms with Gasteiger partial charge in [0.2, 0.25) is 0 Å². The van der Waals surface area contributed by atoms with Gasteiger partial charge in [-0.05, 0) is 183 Å². The third-order valence-corrected chi connectivity index (χ3v) is 18.8. The second-order valence-electron chi connectivity index (χ2n) is 23.0. The molecule has 1 heterocycles. The van der Waals surface area contributed by atoms with Crippen molar-refractivity contribution in [1.82, 2.24) is 4.57 Å². The highest BCUT2D eigenvalue weighted by atomic mass is 15.1. The second kappa shape index (κ2) is 17.4. The van der Waals surface area contributed by atoms with E-state index in [0.717, 1.165) is 40.5 Å². The molecule has 1 atom stereocenters. The van der Waals surface area contributed by atoms with E-state index in [-0.39, 0.29) is 0 Å². The van der Waals surface area contributed by atoms with Crippen LogP contribution in [0.25, 0.3) is 71.6 Å². The Bertz CT molecular complexity index is 4150. The Hall–Kier alpha value is -8.72. The van der Waals surface area contributed by atoms with Crippen molar-refractivity contribution >= 4 is 49.6 Å². The summed E-state index contributed by atoms with van der Waals surface area (Å²) in [5.74, 6) is 2.69. The van der Waals surface area contributed by atoms with E-state index < -0.39 is 5.41 Å². The largest absolute Gasteiger partial charge is 0.310 e. The molecule has 0 radical (unpaired) electrons. The summed E-state index contributed by atoms with van der Waals surface area (Å²) in [4.78, 5) is 2.49. The molecule has 0 amide bonds. The number of hydrogen-bond donors (Lipinski definition) is 0. The molecular weight excluding hydrogens is 929 g/mol. The van der Waals surface area contributed by atoms with Gasteiger partial charge in [0.15, 0.2) is 0 Å². The van der Waals surface area contributed by atoms with Gasteiger partial charge in [-0.25, -0.2) is 0 Å². The fourth-order valence-electron chi connectivity index (χ4n) is 16.1. The maximum atomic E-state index is 2.67. The summed E-state index contributed by atoms with van der Waals surface area (Å²) in [5.41, 5.74) is 21.2. The van der Waals surface area contributed by atoms with E-state index in [1.165, 1.54) is 127 Å². The molecule has 0 aliphatic heterocycles. The van der Waals surface area contributed by atoms with Crippen LogP contribution < -0.4 is 4.90 Å². The van der Waals surface area contributed by atoms with Gasteiger partial charge in [0, 0.05) is 33.4 Å². The maximum Gasteiger partial charge on any atom is 0.0713 e.